The summed E-state index contributed by atoms with van der Waals surface area (Å²) in [6, 6.07) is 0. The summed E-state index contributed by atoms with van der Waals surface area (Å²) in [6.45, 7) is 0. The second kappa shape index (κ2) is 10.8. The van der Waals surface area contributed by atoms with Crippen LogP contribution in [0.3, 0.4) is 0 Å². The molecule has 0 amide bonds. The molecule has 24 valence electrons. The molecule has 0 bridgehead atoms. The van der Waals surface area contributed by atoms with Crippen LogP contribution in [0, 0.1) is 0 Å². The number of rotatable bonds is 0. The molecule has 0 N–H and O–H groups in total. The van der Waals surface area contributed by atoms with Gasteiger partial charge >= 0.3 is 30.6 Å². The predicted molar refractivity (Wildman–Crippen MR) is 14.9 cm³/mol. The third-order valence-corrected chi connectivity index (χ3v) is 0. The first-order valence-electron chi connectivity index (χ1n) is 0.408. The molecule has 0 aromatic carbocycles. The minimum absolute atomic E-state index is 0. The Balaban J connectivity index is 0. The summed E-state index contributed by atoms with van der Waals surface area (Å²) >= 11 is 0. The van der Waals surface area contributed by atoms with E-state index in [0.29, 0.717) is 0 Å². The Hall–Kier alpha value is 0.198. The van der Waals surface area contributed by atoms with Crippen molar-refractivity contribution in [1.29, 1.82) is 0 Å². The van der Waals surface area contributed by atoms with Crippen LogP contribution in [0.15, 0.2) is 0 Å². The summed E-state index contributed by atoms with van der Waals surface area (Å²) in [5, 5.41) is 0. The summed E-state index contributed by atoms with van der Waals surface area (Å²) in [7, 11) is 0. The average molecular weight is 169 g/mol. The molecule has 0 saturated heterocycles. The molecule has 0 atom stereocenters. The first-order chi connectivity index (χ1) is 1.41. The predicted octanol–water partition coefficient (Wildman–Crippen LogP) is -1.77. The van der Waals surface area contributed by atoms with Crippen LogP contribution in [0.2, 0.25) is 0 Å². The SMILES string of the molecule is O=C=O.[SbH3]. The molecule has 0 radical (unpaired) electrons. The van der Waals surface area contributed by atoms with E-state index in [4.69, 9.17) is 9.59 Å². The normalized spacial score (nSPS) is 2.00. The maximum absolute atomic E-state index is 8.12. The van der Waals surface area contributed by atoms with Crippen LogP contribution in [0.1, 0.15) is 0 Å². The maximum atomic E-state index is 8.12. The van der Waals surface area contributed by atoms with E-state index in [1.807, 2.05) is 0 Å². The molecule has 0 heterocycles. The third-order valence-electron chi connectivity index (χ3n) is 0. The van der Waals surface area contributed by atoms with Gasteiger partial charge in [0.15, 0.2) is 0 Å². The van der Waals surface area contributed by atoms with Crippen LogP contribution in [-0.2, 0) is 9.59 Å². The summed E-state index contributed by atoms with van der Waals surface area (Å²) < 4.78 is 0. The van der Waals surface area contributed by atoms with Crippen LogP contribution >= 0.6 is 0 Å². The van der Waals surface area contributed by atoms with Gasteiger partial charge in [0.05, 0.1) is 0 Å². The zero-order chi connectivity index (χ0) is 2.71. The van der Waals surface area contributed by atoms with E-state index >= 15 is 0 Å². The van der Waals surface area contributed by atoms with Gasteiger partial charge in [-0.05, 0) is 0 Å². The summed E-state index contributed by atoms with van der Waals surface area (Å²) in [5.41, 5.74) is 0. The van der Waals surface area contributed by atoms with Crippen LogP contribution in [-0.4, -0.2) is 30.6 Å². The molecule has 0 rings (SSSR count). The van der Waals surface area contributed by atoms with Crippen LogP contribution < -0.4 is 0 Å². The summed E-state index contributed by atoms with van der Waals surface area (Å²) in [5.74, 6) is 0. The van der Waals surface area contributed by atoms with Crippen molar-refractivity contribution in [2.45, 2.75) is 0 Å². The monoisotopic (exact) mass is 168 g/mol. The molecule has 0 fully saturated rings. The Morgan fingerprint density at radius 3 is 1.25 bits per heavy atom. The summed E-state index contributed by atoms with van der Waals surface area (Å²) in [6.07, 6.45) is 0.250. The van der Waals surface area contributed by atoms with Gasteiger partial charge in [-0.1, -0.05) is 0 Å². The Labute approximate surface area is 40.6 Å². The van der Waals surface area contributed by atoms with E-state index in [1.54, 1.807) is 0 Å². The fourth-order valence-corrected chi connectivity index (χ4v) is 0. The molecule has 0 aliphatic carbocycles. The summed E-state index contributed by atoms with van der Waals surface area (Å²) in [4.78, 5) is 16.2. The van der Waals surface area contributed by atoms with E-state index in [0.717, 1.165) is 0 Å². The van der Waals surface area contributed by atoms with E-state index < -0.39 is 0 Å². The number of hydrogen-bond acceptors (Lipinski definition) is 2. The Bertz CT molecular complexity index is 27.0. The van der Waals surface area contributed by atoms with Crippen LogP contribution in [0.25, 0.3) is 0 Å². The molecule has 0 saturated carbocycles. The number of hydrogen-bond donors (Lipinski definition) is 0. The van der Waals surface area contributed by atoms with Gasteiger partial charge in [-0.25, -0.2) is 0 Å². The zero-order valence-corrected chi connectivity index (χ0v) is 6.06. The van der Waals surface area contributed by atoms with Gasteiger partial charge in [0.1, 0.15) is 0 Å². The molecule has 3 heteroatoms. The standard InChI is InChI=1S/CO2.Sb.3H/c2-1-3;;;;. The van der Waals surface area contributed by atoms with Crippen molar-refractivity contribution in [3.63, 3.8) is 0 Å². The van der Waals surface area contributed by atoms with Crippen LogP contribution in [0.5, 0.6) is 0 Å². The van der Waals surface area contributed by atoms with Crippen molar-refractivity contribution in [2.24, 2.45) is 0 Å². The van der Waals surface area contributed by atoms with Gasteiger partial charge in [-0.3, -0.25) is 0 Å². The molecule has 0 aliphatic heterocycles. The van der Waals surface area contributed by atoms with Gasteiger partial charge in [0.2, 0.25) is 0 Å². The minimum atomic E-state index is 0. The molecule has 0 aromatic rings. The third kappa shape index (κ3) is 80.3. The van der Waals surface area contributed by atoms with E-state index in [9.17, 15) is 0 Å². The second-order valence-electron chi connectivity index (χ2n) is 0.0833. The molecular formula is CH3O2Sb. The van der Waals surface area contributed by atoms with E-state index in [1.165, 1.54) is 0 Å². The quantitative estimate of drug-likeness (QED) is 0.402. The molecule has 0 spiro atoms. The fourth-order valence-electron chi connectivity index (χ4n) is 0. The molecule has 0 aliphatic rings. The average Bonchev–Trinajstić information content (AvgIpc) is 0.918. The Morgan fingerprint density at radius 2 is 1.25 bits per heavy atom. The molecule has 0 aromatic heterocycles. The number of carbonyl (C=O) groups excluding carboxylic acids is 2. The first-order valence-corrected chi connectivity index (χ1v) is 0.408. The van der Waals surface area contributed by atoms with Gasteiger partial charge < -0.3 is 0 Å². The van der Waals surface area contributed by atoms with Crippen molar-refractivity contribution in [3.05, 3.63) is 0 Å². The Kier molecular flexibility index (Phi) is 23.9. The zero-order valence-electron chi connectivity index (χ0n) is 2.02. The molecule has 4 heavy (non-hydrogen) atoms. The van der Waals surface area contributed by atoms with Gasteiger partial charge in [0.25, 0.3) is 0 Å². The molecular weight excluding hydrogens is 166 g/mol. The van der Waals surface area contributed by atoms with E-state index in [-0.39, 0.29) is 30.6 Å². The van der Waals surface area contributed by atoms with Crippen molar-refractivity contribution in [3.8, 4) is 0 Å². The van der Waals surface area contributed by atoms with E-state index in [2.05, 4.69) is 0 Å². The van der Waals surface area contributed by atoms with Gasteiger partial charge in [-0.15, -0.1) is 0 Å². The Morgan fingerprint density at radius 1 is 1.25 bits per heavy atom. The van der Waals surface area contributed by atoms with Crippen molar-refractivity contribution in [1.82, 2.24) is 0 Å². The fraction of sp³-hybridized carbons (Fsp3) is 0. The molecule has 2 nitrogen and oxygen atoms in total. The van der Waals surface area contributed by atoms with Crippen molar-refractivity contribution in [2.75, 3.05) is 0 Å². The molecule has 0 unspecified atom stereocenters. The first kappa shape index (κ1) is 8.89. The van der Waals surface area contributed by atoms with Crippen molar-refractivity contribution < 1.29 is 9.59 Å². The van der Waals surface area contributed by atoms with Crippen molar-refractivity contribution >= 4 is 30.6 Å². The second-order valence-corrected chi connectivity index (χ2v) is 0.0833. The van der Waals surface area contributed by atoms with Gasteiger partial charge in [0, 0.05) is 0 Å². The topological polar surface area (TPSA) is 34.1 Å². The van der Waals surface area contributed by atoms with Gasteiger partial charge in [-0.2, -0.15) is 9.59 Å². The van der Waals surface area contributed by atoms with Crippen LogP contribution in [0.4, 0.5) is 0 Å².